The largest absolute Gasteiger partial charge is 0.391 e. The average Bonchev–Trinajstić information content (AvgIpc) is 2.33. The molecular formula is C13H14BrF4N. The number of nitrogens with one attached hydrogen (secondary N) is 1. The van der Waals surface area contributed by atoms with Gasteiger partial charge in [-0.2, -0.15) is 13.2 Å². The fourth-order valence-corrected chi connectivity index (χ4v) is 2.91. The molecule has 1 aromatic rings. The van der Waals surface area contributed by atoms with Crippen molar-refractivity contribution in [1.29, 1.82) is 0 Å². The molecule has 1 aliphatic carbocycles. The van der Waals surface area contributed by atoms with Gasteiger partial charge >= 0.3 is 6.18 Å². The molecule has 0 saturated heterocycles. The molecule has 0 radical (unpaired) electrons. The van der Waals surface area contributed by atoms with Gasteiger partial charge in [0.15, 0.2) is 0 Å². The molecule has 0 amide bonds. The molecule has 1 fully saturated rings. The second-order valence-electron chi connectivity index (χ2n) is 4.84. The van der Waals surface area contributed by atoms with Crippen LogP contribution in [0.5, 0.6) is 0 Å². The molecule has 1 aromatic carbocycles. The summed E-state index contributed by atoms with van der Waals surface area (Å²) in [5.41, 5.74) is 0.246. The van der Waals surface area contributed by atoms with Crippen LogP contribution in [0, 0.1) is 11.7 Å². The van der Waals surface area contributed by atoms with Gasteiger partial charge in [-0.05, 0) is 47.3 Å². The van der Waals surface area contributed by atoms with E-state index in [9.17, 15) is 17.6 Å². The average molecular weight is 340 g/mol. The zero-order valence-corrected chi connectivity index (χ0v) is 11.7. The smallest absolute Gasteiger partial charge is 0.379 e. The highest BCUT2D eigenvalue weighted by Gasteiger charge is 2.42. The lowest BCUT2D eigenvalue weighted by Crippen LogP contribution is -2.34. The molecular weight excluding hydrogens is 326 g/mol. The zero-order chi connectivity index (χ0) is 14.0. The molecule has 6 heteroatoms. The number of anilines is 1. The quantitative estimate of drug-likeness (QED) is 0.737. The van der Waals surface area contributed by atoms with Crippen LogP contribution in [0.4, 0.5) is 23.2 Å². The van der Waals surface area contributed by atoms with Crippen molar-refractivity contribution in [2.75, 3.05) is 5.32 Å². The van der Waals surface area contributed by atoms with Crippen LogP contribution < -0.4 is 5.32 Å². The van der Waals surface area contributed by atoms with Crippen molar-refractivity contribution in [2.24, 2.45) is 5.92 Å². The number of hydrogen-bond donors (Lipinski definition) is 1. The number of benzene rings is 1. The molecule has 2 rings (SSSR count). The third-order valence-corrected chi connectivity index (χ3v) is 4.11. The highest BCUT2D eigenvalue weighted by atomic mass is 79.9. The van der Waals surface area contributed by atoms with Gasteiger partial charge in [-0.3, -0.25) is 0 Å². The number of rotatable bonds is 2. The Labute approximate surface area is 117 Å². The summed E-state index contributed by atoms with van der Waals surface area (Å²) < 4.78 is 52.3. The minimum Gasteiger partial charge on any atom is -0.379 e. The van der Waals surface area contributed by atoms with Crippen molar-refractivity contribution in [3.63, 3.8) is 0 Å². The number of para-hydroxylation sites is 1. The Morgan fingerprint density at radius 1 is 1.21 bits per heavy atom. The van der Waals surface area contributed by atoms with Crippen LogP contribution in [0.15, 0.2) is 22.7 Å². The van der Waals surface area contributed by atoms with Crippen LogP contribution >= 0.6 is 15.9 Å². The molecule has 0 bridgehead atoms. The van der Waals surface area contributed by atoms with Crippen molar-refractivity contribution >= 4 is 21.6 Å². The molecule has 1 nitrogen and oxygen atoms in total. The minimum atomic E-state index is -4.16. The van der Waals surface area contributed by atoms with E-state index in [4.69, 9.17) is 0 Å². The van der Waals surface area contributed by atoms with E-state index in [0.29, 0.717) is 17.3 Å². The predicted octanol–water partition coefficient (Wildman–Crippen LogP) is 5.12. The summed E-state index contributed by atoms with van der Waals surface area (Å²) in [6.45, 7) is 0. The Hall–Kier alpha value is -0.780. The maximum absolute atomic E-state index is 13.6. The molecule has 0 spiro atoms. The van der Waals surface area contributed by atoms with Crippen molar-refractivity contribution in [3.8, 4) is 0 Å². The van der Waals surface area contributed by atoms with Gasteiger partial charge in [0, 0.05) is 10.5 Å². The Kier molecular flexibility index (Phi) is 4.38. The normalized spacial score (nSPS) is 24.3. The fraction of sp³-hybridized carbons (Fsp3) is 0.538. The van der Waals surface area contributed by atoms with Crippen LogP contribution in [0.2, 0.25) is 0 Å². The van der Waals surface area contributed by atoms with Gasteiger partial charge in [0.05, 0.1) is 11.6 Å². The maximum Gasteiger partial charge on any atom is 0.391 e. The zero-order valence-electron chi connectivity index (χ0n) is 10.1. The van der Waals surface area contributed by atoms with Crippen LogP contribution in [0.25, 0.3) is 0 Å². The maximum atomic E-state index is 13.6. The number of hydrogen-bond acceptors (Lipinski definition) is 1. The van der Waals surface area contributed by atoms with Gasteiger partial charge in [-0.1, -0.05) is 12.5 Å². The molecule has 2 atom stereocenters. The van der Waals surface area contributed by atoms with Gasteiger partial charge in [0.2, 0.25) is 0 Å². The first-order valence-electron chi connectivity index (χ1n) is 6.15. The summed E-state index contributed by atoms with van der Waals surface area (Å²) in [5.74, 6) is -1.74. The van der Waals surface area contributed by atoms with Crippen molar-refractivity contribution < 1.29 is 17.6 Å². The lowest BCUT2D eigenvalue weighted by Gasteiger charge is -2.31. The number of halogens is 5. The van der Waals surface area contributed by atoms with E-state index in [1.165, 1.54) is 6.07 Å². The van der Waals surface area contributed by atoms with Gasteiger partial charge in [0.25, 0.3) is 0 Å². The van der Waals surface area contributed by atoms with E-state index < -0.39 is 17.9 Å². The standard InChI is InChI=1S/C13H14BrF4N/c14-10-5-2-6-11(15)12(10)19-9-4-1-3-8(7-9)13(16,17)18/h2,5-6,8-9,19H,1,3-4,7H2. The van der Waals surface area contributed by atoms with Crippen molar-refractivity contribution in [1.82, 2.24) is 0 Å². The molecule has 0 aromatic heterocycles. The third kappa shape index (κ3) is 3.61. The monoisotopic (exact) mass is 339 g/mol. The second-order valence-corrected chi connectivity index (χ2v) is 5.70. The summed E-state index contributed by atoms with van der Waals surface area (Å²) in [6, 6.07) is 4.16. The Morgan fingerprint density at radius 2 is 1.95 bits per heavy atom. The predicted molar refractivity (Wildman–Crippen MR) is 69.5 cm³/mol. The molecule has 1 aliphatic rings. The van der Waals surface area contributed by atoms with Gasteiger partial charge in [0.1, 0.15) is 5.82 Å². The summed E-state index contributed by atoms with van der Waals surface area (Å²) in [7, 11) is 0. The van der Waals surface area contributed by atoms with Crippen LogP contribution in [0.1, 0.15) is 25.7 Å². The highest BCUT2D eigenvalue weighted by Crippen LogP contribution is 2.39. The van der Waals surface area contributed by atoms with Crippen LogP contribution in [-0.4, -0.2) is 12.2 Å². The number of alkyl halides is 3. The summed E-state index contributed by atoms with van der Waals surface area (Å²) in [4.78, 5) is 0. The summed E-state index contributed by atoms with van der Waals surface area (Å²) in [5, 5.41) is 2.90. The van der Waals surface area contributed by atoms with E-state index in [2.05, 4.69) is 21.2 Å². The van der Waals surface area contributed by atoms with Gasteiger partial charge < -0.3 is 5.32 Å². The lowest BCUT2D eigenvalue weighted by atomic mass is 9.85. The lowest BCUT2D eigenvalue weighted by molar-refractivity contribution is -0.182. The Bertz CT molecular complexity index is 427. The first-order chi connectivity index (χ1) is 8.88. The van der Waals surface area contributed by atoms with E-state index >= 15 is 0 Å². The molecule has 1 N–H and O–H groups in total. The topological polar surface area (TPSA) is 12.0 Å². The summed E-state index contributed by atoms with van der Waals surface area (Å²) in [6.07, 6.45) is -2.85. The van der Waals surface area contributed by atoms with Gasteiger partial charge in [-0.15, -0.1) is 0 Å². The first kappa shape index (κ1) is 14.6. The van der Waals surface area contributed by atoms with E-state index in [1.807, 2.05) is 0 Å². The fourth-order valence-electron chi connectivity index (χ4n) is 2.46. The van der Waals surface area contributed by atoms with Crippen molar-refractivity contribution in [3.05, 3.63) is 28.5 Å². The second kappa shape index (κ2) is 5.69. The van der Waals surface area contributed by atoms with E-state index in [0.717, 1.165) is 0 Å². The first-order valence-corrected chi connectivity index (χ1v) is 6.94. The van der Waals surface area contributed by atoms with E-state index in [1.54, 1.807) is 12.1 Å². The minimum absolute atomic E-state index is 0.00424. The highest BCUT2D eigenvalue weighted by molar-refractivity contribution is 9.10. The third-order valence-electron chi connectivity index (χ3n) is 3.45. The molecule has 19 heavy (non-hydrogen) atoms. The molecule has 106 valence electrons. The Balaban J connectivity index is 2.07. The summed E-state index contributed by atoms with van der Waals surface area (Å²) >= 11 is 3.20. The molecule has 0 aliphatic heterocycles. The van der Waals surface area contributed by atoms with Crippen LogP contribution in [0.3, 0.4) is 0 Å². The van der Waals surface area contributed by atoms with Gasteiger partial charge in [-0.25, -0.2) is 4.39 Å². The Morgan fingerprint density at radius 3 is 2.58 bits per heavy atom. The van der Waals surface area contributed by atoms with Crippen molar-refractivity contribution in [2.45, 2.75) is 37.9 Å². The SMILES string of the molecule is Fc1cccc(Br)c1NC1CCCC(C(F)(F)F)C1. The molecule has 0 heterocycles. The van der Waals surface area contributed by atoms with Crippen LogP contribution in [-0.2, 0) is 0 Å². The van der Waals surface area contributed by atoms with E-state index in [-0.39, 0.29) is 24.6 Å². The molecule has 2 unspecified atom stereocenters. The molecule has 1 saturated carbocycles.